The van der Waals surface area contributed by atoms with Crippen molar-refractivity contribution in [2.24, 2.45) is 0 Å². The van der Waals surface area contributed by atoms with Gasteiger partial charge in [0.05, 0.1) is 12.3 Å². The number of carbonyl (C=O) groups is 1. The molecule has 0 bridgehead atoms. The summed E-state index contributed by atoms with van der Waals surface area (Å²) in [7, 11) is 0. The molecule has 2 N–H and O–H groups in total. The molecule has 1 aliphatic rings. The third-order valence-corrected chi connectivity index (χ3v) is 4.66. The predicted octanol–water partition coefficient (Wildman–Crippen LogP) is 1.23. The van der Waals surface area contributed by atoms with Crippen LogP contribution in [0.15, 0.2) is 36.9 Å². The summed E-state index contributed by atoms with van der Waals surface area (Å²) in [6, 6.07) is 7.66. The minimum Gasteiger partial charge on any atom is -0.395 e. The van der Waals surface area contributed by atoms with E-state index >= 15 is 0 Å². The molecule has 1 atom stereocenters. The third-order valence-electron chi connectivity index (χ3n) is 4.66. The van der Waals surface area contributed by atoms with E-state index in [0.29, 0.717) is 18.2 Å². The topological polar surface area (TPSA) is 83.3 Å². The largest absolute Gasteiger partial charge is 0.395 e. The Balaban J connectivity index is 1.41. The van der Waals surface area contributed by atoms with Gasteiger partial charge < -0.3 is 10.4 Å². The summed E-state index contributed by atoms with van der Waals surface area (Å²) < 4.78 is 1.63. The molecule has 0 aliphatic carbocycles. The average molecular weight is 343 g/mol. The van der Waals surface area contributed by atoms with Gasteiger partial charge in [0, 0.05) is 18.2 Å². The van der Waals surface area contributed by atoms with Crippen LogP contribution in [-0.4, -0.2) is 63.0 Å². The van der Waals surface area contributed by atoms with E-state index in [4.69, 9.17) is 0 Å². The number of aromatic nitrogens is 3. The van der Waals surface area contributed by atoms with Crippen molar-refractivity contribution in [3.8, 4) is 5.69 Å². The maximum absolute atomic E-state index is 12.3. The Morgan fingerprint density at radius 1 is 1.36 bits per heavy atom. The van der Waals surface area contributed by atoms with Crippen LogP contribution in [0.3, 0.4) is 0 Å². The zero-order valence-electron chi connectivity index (χ0n) is 14.3. The average Bonchev–Trinajstić information content (AvgIpc) is 3.33. The van der Waals surface area contributed by atoms with Crippen molar-refractivity contribution >= 4 is 5.91 Å². The highest BCUT2D eigenvalue weighted by Gasteiger charge is 2.22. The highest BCUT2D eigenvalue weighted by atomic mass is 16.3. The van der Waals surface area contributed by atoms with E-state index in [1.807, 2.05) is 12.1 Å². The van der Waals surface area contributed by atoms with Crippen molar-refractivity contribution in [3.63, 3.8) is 0 Å². The molecule has 0 saturated carbocycles. The number of benzene rings is 1. The molecule has 2 aromatic rings. The third kappa shape index (κ3) is 4.64. The lowest BCUT2D eigenvalue weighted by Crippen LogP contribution is -2.33. The molecule has 1 unspecified atom stereocenters. The fourth-order valence-electron chi connectivity index (χ4n) is 3.27. The Morgan fingerprint density at radius 3 is 3.08 bits per heavy atom. The van der Waals surface area contributed by atoms with Gasteiger partial charge >= 0.3 is 0 Å². The van der Waals surface area contributed by atoms with E-state index in [9.17, 15) is 9.90 Å². The van der Waals surface area contributed by atoms with Gasteiger partial charge in [-0.2, -0.15) is 5.10 Å². The zero-order chi connectivity index (χ0) is 17.5. The van der Waals surface area contributed by atoms with Gasteiger partial charge in [0.25, 0.3) is 5.91 Å². The normalized spacial score (nSPS) is 17.7. The van der Waals surface area contributed by atoms with Gasteiger partial charge in [0.1, 0.15) is 12.7 Å². The number of carbonyl (C=O) groups excluding carboxylic acids is 1. The SMILES string of the molecule is O=C(NCCCCN1CCCC1CO)c1cccc(-n2cncn2)c1. The first-order valence-corrected chi connectivity index (χ1v) is 8.86. The molecule has 25 heavy (non-hydrogen) atoms. The van der Waals surface area contributed by atoms with Crippen LogP contribution < -0.4 is 5.32 Å². The number of aliphatic hydroxyl groups excluding tert-OH is 1. The zero-order valence-corrected chi connectivity index (χ0v) is 14.3. The number of nitrogens with zero attached hydrogens (tertiary/aromatic N) is 4. The Morgan fingerprint density at radius 2 is 2.28 bits per heavy atom. The Labute approximate surface area is 147 Å². The molecule has 2 heterocycles. The molecule has 1 aromatic carbocycles. The highest BCUT2D eigenvalue weighted by molar-refractivity contribution is 5.94. The van der Waals surface area contributed by atoms with Crippen molar-refractivity contribution in [1.29, 1.82) is 0 Å². The van der Waals surface area contributed by atoms with Gasteiger partial charge in [-0.05, 0) is 57.0 Å². The van der Waals surface area contributed by atoms with Gasteiger partial charge in [-0.1, -0.05) is 6.07 Å². The lowest BCUT2D eigenvalue weighted by molar-refractivity contribution is 0.0952. The number of amides is 1. The van der Waals surface area contributed by atoms with Crippen LogP contribution >= 0.6 is 0 Å². The molecule has 1 aromatic heterocycles. The van der Waals surface area contributed by atoms with Gasteiger partial charge in [0.15, 0.2) is 0 Å². The Hall–Kier alpha value is -2.25. The van der Waals surface area contributed by atoms with E-state index in [1.165, 1.54) is 12.7 Å². The number of unbranched alkanes of at least 4 members (excludes halogenated alkanes) is 1. The van der Waals surface area contributed by atoms with Crippen LogP contribution in [0.25, 0.3) is 5.69 Å². The molecular formula is C18H25N5O2. The monoisotopic (exact) mass is 343 g/mol. The number of likely N-dealkylation sites (tertiary alicyclic amines) is 1. The van der Waals surface area contributed by atoms with Crippen LogP contribution in [0.5, 0.6) is 0 Å². The van der Waals surface area contributed by atoms with Crippen LogP contribution in [0.2, 0.25) is 0 Å². The number of hydrogen-bond donors (Lipinski definition) is 2. The molecule has 3 rings (SSSR count). The minimum atomic E-state index is -0.0728. The van der Waals surface area contributed by atoms with E-state index < -0.39 is 0 Å². The summed E-state index contributed by atoms with van der Waals surface area (Å²) in [6.07, 6.45) is 7.29. The molecule has 0 radical (unpaired) electrons. The van der Waals surface area contributed by atoms with E-state index in [1.54, 1.807) is 23.1 Å². The summed E-state index contributed by atoms with van der Waals surface area (Å²) in [5, 5.41) is 16.4. The van der Waals surface area contributed by atoms with Crippen LogP contribution in [0.4, 0.5) is 0 Å². The van der Waals surface area contributed by atoms with E-state index in [2.05, 4.69) is 20.3 Å². The Bertz CT molecular complexity index is 674. The highest BCUT2D eigenvalue weighted by Crippen LogP contribution is 2.16. The maximum atomic E-state index is 12.3. The first-order chi connectivity index (χ1) is 12.3. The van der Waals surface area contributed by atoms with Gasteiger partial charge in [0.2, 0.25) is 0 Å². The molecule has 7 nitrogen and oxygen atoms in total. The molecule has 1 saturated heterocycles. The smallest absolute Gasteiger partial charge is 0.251 e. The summed E-state index contributed by atoms with van der Waals surface area (Å²) in [6.45, 7) is 2.97. The van der Waals surface area contributed by atoms with E-state index in [-0.39, 0.29) is 12.5 Å². The van der Waals surface area contributed by atoms with Crippen LogP contribution in [0.1, 0.15) is 36.0 Å². The number of aliphatic hydroxyl groups is 1. The summed E-state index contributed by atoms with van der Waals surface area (Å²) in [5.41, 5.74) is 1.43. The second-order valence-corrected chi connectivity index (χ2v) is 6.37. The first kappa shape index (κ1) is 17.6. The molecule has 1 aliphatic heterocycles. The van der Waals surface area contributed by atoms with Crippen molar-refractivity contribution in [1.82, 2.24) is 25.0 Å². The summed E-state index contributed by atoms with van der Waals surface area (Å²) in [4.78, 5) is 18.6. The predicted molar refractivity (Wildman–Crippen MR) is 94.6 cm³/mol. The molecule has 1 fully saturated rings. The molecule has 0 spiro atoms. The number of hydrogen-bond acceptors (Lipinski definition) is 5. The fraction of sp³-hybridized carbons (Fsp3) is 0.500. The molecule has 7 heteroatoms. The lowest BCUT2D eigenvalue weighted by atomic mass is 10.2. The van der Waals surface area contributed by atoms with Crippen molar-refractivity contribution in [3.05, 3.63) is 42.5 Å². The van der Waals surface area contributed by atoms with Gasteiger partial charge in [-0.15, -0.1) is 0 Å². The van der Waals surface area contributed by atoms with Gasteiger partial charge in [-0.25, -0.2) is 9.67 Å². The Kier molecular flexibility index (Phi) is 6.14. The lowest BCUT2D eigenvalue weighted by Gasteiger charge is -2.22. The summed E-state index contributed by atoms with van der Waals surface area (Å²) >= 11 is 0. The second-order valence-electron chi connectivity index (χ2n) is 6.37. The second kappa shape index (κ2) is 8.73. The molecule has 134 valence electrons. The minimum absolute atomic E-state index is 0.0728. The van der Waals surface area contributed by atoms with E-state index in [0.717, 1.165) is 38.0 Å². The standard InChI is InChI=1S/C18H25N5O2/c24-12-17-7-4-10-22(17)9-2-1-8-20-18(25)15-5-3-6-16(11-15)23-14-19-13-21-23/h3,5-6,11,13-14,17,24H,1-2,4,7-10,12H2,(H,20,25). The van der Waals surface area contributed by atoms with Crippen LogP contribution in [0, 0.1) is 0 Å². The number of nitrogens with one attached hydrogen (secondary N) is 1. The van der Waals surface area contributed by atoms with Crippen molar-refractivity contribution in [2.75, 3.05) is 26.2 Å². The first-order valence-electron chi connectivity index (χ1n) is 8.86. The van der Waals surface area contributed by atoms with Crippen LogP contribution in [-0.2, 0) is 0 Å². The molecule has 1 amide bonds. The van der Waals surface area contributed by atoms with Crippen molar-refractivity contribution < 1.29 is 9.90 Å². The number of rotatable bonds is 8. The summed E-state index contributed by atoms with van der Waals surface area (Å²) in [5.74, 6) is -0.0728. The van der Waals surface area contributed by atoms with Crippen molar-refractivity contribution in [2.45, 2.75) is 31.7 Å². The molecular weight excluding hydrogens is 318 g/mol. The fourth-order valence-corrected chi connectivity index (χ4v) is 3.27. The quantitative estimate of drug-likeness (QED) is 0.705. The van der Waals surface area contributed by atoms with Gasteiger partial charge in [-0.3, -0.25) is 9.69 Å². The maximum Gasteiger partial charge on any atom is 0.251 e.